The summed E-state index contributed by atoms with van der Waals surface area (Å²) in [5, 5.41) is 3.97. The predicted molar refractivity (Wildman–Crippen MR) is 76.1 cm³/mol. The molecule has 1 amide bonds. The quantitative estimate of drug-likeness (QED) is 0.862. The molecular formula is C15H17N5O2. The van der Waals surface area contributed by atoms with E-state index >= 15 is 0 Å². The maximum Gasteiger partial charge on any atom is 0.273 e. The molecule has 0 radical (unpaired) electrons. The van der Waals surface area contributed by atoms with Crippen LogP contribution in [0.2, 0.25) is 0 Å². The van der Waals surface area contributed by atoms with Crippen LogP contribution in [0, 0.1) is 6.92 Å². The van der Waals surface area contributed by atoms with Crippen molar-refractivity contribution < 1.29 is 9.32 Å². The van der Waals surface area contributed by atoms with Crippen molar-refractivity contribution in [1.82, 2.24) is 25.0 Å². The zero-order valence-corrected chi connectivity index (χ0v) is 12.4. The molecule has 0 aromatic carbocycles. The zero-order valence-electron chi connectivity index (χ0n) is 12.4. The summed E-state index contributed by atoms with van der Waals surface area (Å²) in [4.78, 5) is 27.6. The van der Waals surface area contributed by atoms with Gasteiger partial charge in [0.2, 0.25) is 5.89 Å². The summed E-state index contributed by atoms with van der Waals surface area (Å²) < 4.78 is 5.04. The maximum atomic E-state index is 12.8. The third kappa shape index (κ3) is 2.36. The minimum absolute atomic E-state index is 0.0748. The second-order valence-electron chi connectivity index (χ2n) is 5.90. The van der Waals surface area contributed by atoms with Crippen molar-refractivity contribution in [3.05, 3.63) is 35.5 Å². The topological polar surface area (TPSA) is 85.0 Å². The Hall–Kier alpha value is -2.31. The summed E-state index contributed by atoms with van der Waals surface area (Å²) in [7, 11) is 0. The monoisotopic (exact) mass is 299 g/mol. The van der Waals surface area contributed by atoms with Crippen LogP contribution in [0.1, 0.15) is 65.7 Å². The molecule has 1 aliphatic carbocycles. The fraction of sp³-hybridized carbons (Fsp3) is 0.533. The molecular weight excluding hydrogens is 282 g/mol. The van der Waals surface area contributed by atoms with E-state index in [1.165, 1.54) is 0 Å². The molecule has 114 valence electrons. The lowest BCUT2D eigenvalue weighted by molar-refractivity contribution is 0.0721. The van der Waals surface area contributed by atoms with E-state index in [-0.39, 0.29) is 11.9 Å². The van der Waals surface area contributed by atoms with E-state index in [9.17, 15) is 4.79 Å². The second-order valence-corrected chi connectivity index (χ2v) is 5.90. The number of carbonyl (C=O) groups excluding carboxylic acids is 1. The van der Waals surface area contributed by atoms with Crippen LogP contribution >= 0.6 is 0 Å². The molecule has 2 aliphatic rings. The van der Waals surface area contributed by atoms with Crippen molar-refractivity contribution in [2.75, 3.05) is 6.54 Å². The molecule has 1 saturated carbocycles. The molecule has 2 fully saturated rings. The first-order chi connectivity index (χ1) is 10.7. The molecule has 2 aromatic heterocycles. The Morgan fingerprint density at radius 3 is 2.86 bits per heavy atom. The van der Waals surface area contributed by atoms with Gasteiger partial charge in [0.05, 0.1) is 6.04 Å². The number of hydrogen-bond donors (Lipinski definition) is 0. The largest absolute Gasteiger partial charge is 0.340 e. The summed E-state index contributed by atoms with van der Waals surface area (Å²) in [6.07, 6.45) is 5.70. The summed E-state index contributed by atoms with van der Waals surface area (Å²) in [5.41, 5.74) is 0.462. The van der Waals surface area contributed by atoms with Gasteiger partial charge in [-0.3, -0.25) is 4.79 Å². The van der Waals surface area contributed by atoms with Gasteiger partial charge in [0.1, 0.15) is 11.5 Å². The Bertz CT molecular complexity index is 709. The number of amides is 1. The van der Waals surface area contributed by atoms with Gasteiger partial charge in [0.15, 0.2) is 5.82 Å². The molecule has 1 saturated heterocycles. The third-order valence-electron chi connectivity index (χ3n) is 4.19. The minimum Gasteiger partial charge on any atom is -0.340 e. The molecule has 3 heterocycles. The lowest BCUT2D eigenvalue weighted by Gasteiger charge is -2.21. The molecule has 1 aliphatic heterocycles. The number of likely N-dealkylation sites (tertiary alicyclic amines) is 1. The lowest BCUT2D eigenvalue weighted by Crippen LogP contribution is -2.32. The molecule has 0 spiro atoms. The first-order valence-corrected chi connectivity index (χ1v) is 7.66. The predicted octanol–water partition coefficient (Wildman–Crippen LogP) is 2.02. The number of aromatic nitrogens is 4. The van der Waals surface area contributed by atoms with E-state index in [0.717, 1.165) is 31.5 Å². The van der Waals surface area contributed by atoms with Gasteiger partial charge in [0, 0.05) is 25.6 Å². The highest BCUT2D eigenvalue weighted by Gasteiger charge is 2.35. The van der Waals surface area contributed by atoms with E-state index in [1.807, 2.05) is 0 Å². The molecule has 7 heteroatoms. The van der Waals surface area contributed by atoms with Gasteiger partial charge in [-0.15, -0.1) is 0 Å². The van der Waals surface area contributed by atoms with Crippen molar-refractivity contribution >= 4 is 5.91 Å². The fourth-order valence-corrected chi connectivity index (χ4v) is 2.91. The molecule has 2 aromatic rings. The molecule has 0 bridgehead atoms. The van der Waals surface area contributed by atoms with E-state index in [4.69, 9.17) is 4.52 Å². The highest BCUT2D eigenvalue weighted by molar-refractivity contribution is 5.92. The van der Waals surface area contributed by atoms with E-state index in [0.29, 0.717) is 29.9 Å². The maximum absolute atomic E-state index is 12.8. The van der Waals surface area contributed by atoms with Crippen molar-refractivity contribution in [2.24, 2.45) is 0 Å². The van der Waals surface area contributed by atoms with Crippen molar-refractivity contribution in [1.29, 1.82) is 0 Å². The number of rotatable bonds is 3. The Labute approximate surface area is 127 Å². The smallest absolute Gasteiger partial charge is 0.273 e. The first-order valence-electron chi connectivity index (χ1n) is 7.66. The number of nitrogens with zero attached hydrogens (tertiary/aromatic N) is 5. The van der Waals surface area contributed by atoms with Crippen LogP contribution in [0.4, 0.5) is 0 Å². The van der Waals surface area contributed by atoms with Gasteiger partial charge in [0.25, 0.3) is 5.91 Å². The average molecular weight is 299 g/mol. The van der Waals surface area contributed by atoms with E-state index in [2.05, 4.69) is 20.1 Å². The van der Waals surface area contributed by atoms with Gasteiger partial charge >= 0.3 is 0 Å². The Balaban J connectivity index is 1.59. The highest BCUT2D eigenvalue weighted by atomic mass is 16.5. The summed E-state index contributed by atoms with van der Waals surface area (Å²) in [6.45, 7) is 2.45. The Morgan fingerprint density at radius 2 is 2.14 bits per heavy atom. The molecule has 0 N–H and O–H groups in total. The molecule has 4 rings (SSSR count). The highest BCUT2D eigenvalue weighted by Crippen LogP contribution is 2.38. The average Bonchev–Trinajstić information content (AvgIpc) is 3.12. The van der Waals surface area contributed by atoms with Crippen molar-refractivity contribution in [3.63, 3.8) is 0 Å². The number of hydrogen-bond acceptors (Lipinski definition) is 6. The van der Waals surface area contributed by atoms with Gasteiger partial charge in [-0.2, -0.15) is 4.98 Å². The van der Waals surface area contributed by atoms with Crippen LogP contribution < -0.4 is 0 Å². The van der Waals surface area contributed by atoms with Crippen LogP contribution in [-0.2, 0) is 0 Å². The number of carbonyl (C=O) groups is 1. The zero-order chi connectivity index (χ0) is 15.1. The molecule has 22 heavy (non-hydrogen) atoms. The lowest BCUT2D eigenvalue weighted by atomic mass is 10.2. The number of aryl methyl sites for hydroxylation is 1. The van der Waals surface area contributed by atoms with Crippen LogP contribution in [0.25, 0.3) is 0 Å². The van der Waals surface area contributed by atoms with Gasteiger partial charge in [-0.05, 0) is 31.7 Å². The van der Waals surface area contributed by atoms with Gasteiger partial charge in [-0.1, -0.05) is 5.16 Å². The third-order valence-corrected chi connectivity index (χ3v) is 4.19. The van der Waals surface area contributed by atoms with Gasteiger partial charge in [-0.25, -0.2) is 9.97 Å². The van der Waals surface area contributed by atoms with Crippen LogP contribution in [-0.4, -0.2) is 37.5 Å². The first kappa shape index (κ1) is 13.4. The van der Waals surface area contributed by atoms with Crippen LogP contribution in [0.5, 0.6) is 0 Å². The normalized spacial score (nSPS) is 21.3. The van der Waals surface area contributed by atoms with Crippen LogP contribution in [0.15, 0.2) is 16.8 Å². The van der Waals surface area contributed by atoms with Gasteiger partial charge < -0.3 is 9.42 Å². The molecule has 1 atom stereocenters. The molecule has 0 unspecified atom stereocenters. The van der Waals surface area contributed by atoms with E-state index in [1.54, 1.807) is 24.1 Å². The minimum atomic E-state index is -0.121. The molecule has 7 nitrogen and oxygen atoms in total. The standard InChI is InChI=1S/C15H17N5O2/c1-9-17-14(19-22-9)12-3-2-8-20(12)15(21)11-6-7-16-13(18-11)10-4-5-10/h6-7,10,12H,2-5,8H2,1H3/t12-/m1/s1. The Kier molecular flexibility index (Phi) is 3.13. The summed E-state index contributed by atoms with van der Waals surface area (Å²) >= 11 is 0. The van der Waals surface area contributed by atoms with Crippen molar-refractivity contribution in [2.45, 2.75) is 44.6 Å². The van der Waals surface area contributed by atoms with Crippen molar-refractivity contribution in [3.8, 4) is 0 Å². The van der Waals surface area contributed by atoms with Crippen LogP contribution in [0.3, 0.4) is 0 Å². The summed E-state index contributed by atoms with van der Waals surface area (Å²) in [5.74, 6) is 2.25. The second kappa shape index (κ2) is 5.15. The fourth-order valence-electron chi connectivity index (χ4n) is 2.91. The van der Waals surface area contributed by atoms with E-state index < -0.39 is 0 Å². The Morgan fingerprint density at radius 1 is 1.27 bits per heavy atom. The SMILES string of the molecule is Cc1nc([C@H]2CCCN2C(=O)c2ccnc(C3CC3)n2)no1. The summed E-state index contributed by atoms with van der Waals surface area (Å²) in [6, 6.07) is 1.56.